The molecule has 0 aromatic carbocycles. The molecule has 0 saturated carbocycles. The molecular weight excluding hydrogens is 272 g/mol. The molecule has 21 heavy (non-hydrogen) atoms. The van der Waals surface area contributed by atoms with Gasteiger partial charge in [0.25, 0.3) is 0 Å². The minimum absolute atomic E-state index is 0.0299. The molecule has 0 saturated heterocycles. The molecule has 0 aromatic rings. The molecule has 0 fully saturated rings. The summed E-state index contributed by atoms with van der Waals surface area (Å²) in [5.41, 5.74) is 0. The van der Waals surface area contributed by atoms with E-state index < -0.39 is 29.9 Å². The first-order valence-electron chi connectivity index (χ1n) is 8.07. The Hall–Kier alpha value is -1.10. The Morgan fingerprint density at radius 1 is 0.857 bits per heavy atom. The fraction of sp³-hybridized carbons (Fsp3) is 0.875. The van der Waals surface area contributed by atoms with E-state index in [1.165, 1.54) is 0 Å². The highest BCUT2D eigenvalue weighted by Crippen LogP contribution is 2.23. The molecule has 0 spiro atoms. The van der Waals surface area contributed by atoms with Gasteiger partial charge in [0.15, 0.2) is 0 Å². The van der Waals surface area contributed by atoms with Crippen LogP contribution in [-0.2, 0) is 9.59 Å². The van der Waals surface area contributed by atoms with Gasteiger partial charge in [0, 0.05) is 0 Å². The SMILES string of the molecule is CCCCCC(CC(O)C(CCCCC)C(=O)O)C(=O)O. The standard InChI is InChI=1S/C16H30O5/c1-3-5-7-9-12(15(18)19)11-14(17)13(16(20)21)10-8-6-4-2/h12-14,17H,3-11H2,1-2H3,(H,18,19)(H,20,21). The highest BCUT2D eigenvalue weighted by molar-refractivity contribution is 5.72. The fourth-order valence-corrected chi connectivity index (χ4v) is 2.53. The number of unbranched alkanes of at least 4 members (excludes halogenated alkanes) is 4. The van der Waals surface area contributed by atoms with Crippen molar-refractivity contribution in [2.24, 2.45) is 11.8 Å². The van der Waals surface area contributed by atoms with Crippen LogP contribution >= 0.6 is 0 Å². The van der Waals surface area contributed by atoms with Gasteiger partial charge in [-0.1, -0.05) is 52.4 Å². The molecule has 5 heteroatoms. The van der Waals surface area contributed by atoms with E-state index in [1.807, 2.05) is 13.8 Å². The van der Waals surface area contributed by atoms with Crippen LogP contribution in [0.15, 0.2) is 0 Å². The highest BCUT2D eigenvalue weighted by Gasteiger charge is 2.30. The zero-order valence-corrected chi connectivity index (χ0v) is 13.3. The van der Waals surface area contributed by atoms with E-state index in [9.17, 15) is 24.9 Å². The average Bonchev–Trinajstić information content (AvgIpc) is 2.41. The second kappa shape index (κ2) is 11.5. The predicted molar refractivity (Wildman–Crippen MR) is 81.2 cm³/mol. The smallest absolute Gasteiger partial charge is 0.309 e. The van der Waals surface area contributed by atoms with Crippen molar-refractivity contribution < 1.29 is 24.9 Å². The molecule has 0 rings (SSSR count). The van der Waals surface area contributed by atoms with Crippen LogP contribution in [0.4, 0.5) is 0 Å². The molecule has 3 N–H and O–H groups in total. The van der Waals surface area contributed by atoms with E-state index in [1.54, 1.807) is 0 Å². The number of aliphatic hydroxyl groups is 1. The molecule has 0 heterocycles. The minimum Gasteiger partial charge on any atom is -0.481 e. The van der Waals surface area contributed by atoms with Crippen molar-refractivity contribution in [3.63, 3.8) is 0 Å². The molecule has 3 atom stereocenters. The molecule has 0 amide bonds. The molecular formula is C16H30O5. The van der Waals surface area contributed by atoms with Gasteiger partial charge in [0.2, 0.25) is 0 Å². The van der Waals surface area contributed by atoms with E-state index in [-0.39, 0.29) is 6.42 Å². The summed E-state index contributed by atoms with van der Waals surface area (Å²) in [6, 6.07) is 0. The number of rotatable bonds is 13. The fourth-order valence-electron chi connectivity index (χ4n) is 2.53. The van der Waals surface area contributed by atoms with Gasteiger partial charge in [0.1, 0.15) is 0 Å². The monoisotopic (exact) mass is 302 g/mol. The van der Waals surface area contributed by atoms with Gasteiger partial charge in [0.05, 0.1) is 17.9 Å². The Balaban J connectivity index is 4.48. The van der Waals surface area contributed by atoms with Crippen molar-refractivity contribution in [1.82, 2.24) is 0 Å². The third-order valence-corrected chi connectivity index (χ3v) is 3.93. The summed E-state index contributed by atoms with van der Waals surface area (Å²) in [7, 11) is 0. The van der Waals surface area contributed by atoms with E-state index >= 15 is 0 Å². The first-order valence-corrected chi connectivity index (χ1v) is 8.07. The molecule has 124 valence electrons. The van der Waals surface area contributed by atoms with Gasteiger partial charge in [-0.2, -0.15) is 0 Å². The zero-order chi connectivity index (χ0) is 16.3. The van der Waals surface area contributed by atoms with Crippen LogP contribution in [0.2, 0.25) is 0 Å². The van der Waals surface area contributed by atoms with Crippen molar-refractivity contribution in [2.75, 3.05) is 0 Å². The van der Waals surface area contributed by atoms with Crippen LogP contribution in [0, 0.1) is 11.8 Å². The summed E-state index contributed by atoms with van der Waals surface area (Å²) in [5.74, 6) is -3.48. The largest absolute Gasteiger partial charge is 0.481 e. The third kappa shape index (κ3) is 8.71. The third-order valence-electron chi connectivity index (χ3n) is 3.93. The highest BCUT2D eigenvalue weighted by atomic mass is 16.4. The molecule has 0 aliphatic heterocycles. The summed E-state index contributed by atoms with van der Waals surface area (Å²) in [5, 5.41) is 28.5. The number of carbonyl (C=O) groups is 2. The molecule has 3 unspecified atom stereocenters. The Labute approximate surface area is 127 Å². The summed E-state index contributed by atoms with van der Waals surface area (Å²) in [6.07, 6.45) is 5.28. The maximum atomic E-state index is 11.2. The molecule has 0 aromatic heterocycles. The van der Waals surface area contributed by atoms with Gasteiger partial charge in [-0.25, -0.2) is 0 Å². The Morgan fingerprint density at radius 3 is 1.81 bits per heavy atom. The molecule has 0 aliphatic carbocycles. The van der Waals surface area contributed by atoms with Crippen LogP contribution in [0.5, 0.6) is 0 Å². The van der Waals surface area contributed by atoms with E-state index in [0.717, 1.165) is 38.5 Å². The average molecular weight is 302 g/mol. The van der Waals surface area contributed by atoms with Crippen LogP contribution in [-0.4, -0.2) is 33.4 Å². The molecule has 0 bridgehead atoms. The lowest BCUT2D eigenvalue weighted by Gasteiger charge is -2.22. The van der Waals surface area contributed by atoms with Crippen molar-refractivity contribution in [1.29, 1.82) is 0 Å². The maximum Gasteiger partial charge on any atom is 0.309 e. The Kier molecular flexibility index (Phi) is 10.9. The quantitative estimate of drug-likeness (QED) is 0.454. The van der Waals surface area contributed by atoms with Crippen molar-refractivity contribution in [2.45, 2.75) is 77.7 Å². The number of aliphatic carboxylic acids is 2. The number of hydrogen-bond donors (Lipinski definition) is 3. The predicted octanol–water partition coefficient (Wildman–Crippen LogP) is 3.30. The van der Waals surface area contributed by atoms with Crippen LogP contribution in [0.25, 0.3) is 0 Å². The summed E-state index contributed by atoms with van der Waals surface area (Å²) < 4.78 is 0. The topological polar surface area (TPSA) is 94.8 Å². The van der Waals surface area contributed by atoms with E-state index in [4.69, 9.17) is 0 Å². The van der Waals surface area contributed by atoms with Crippen LogP contribution in [0.1, 0.15) is 71.6 Å². The lowest BCUT2D eigenvalue weighted by atomic mass is 9.87. The number of carboxylic acids is 2. The van der Waals surface area contributed by atoms with Crippen LogP contribution < -0.4 is 0 Å². The van der Waals surface area contributed by atoms with Gasteiger partial charge < -0.3 is 15.3 Å². The van der Waals surface area contributed by atoms with Gasteiger partial charge in [-0.15, -0.1) is 0 Å². The second-order valence-corrected chi connectivity index (χ2v) is 5.77. The van der Waals surface area contributed by atoms with Gasteiger partial charge in [-0.05, 0) is 19.3 Å². The molecule has 0 aliphatic rings. The lowest BCUT2D eigenvalue weighted by molar-refractivity contribution is -0.150. The van der Waals surface area contributed by atoms with Gasteiger partial charge in [-0.3, -0.25) is 9.59 Å². The minimum atomic E-state index is -1.08. The Morgan fingerprint density at radius 2 is 1.38 bits per heavy atom. The van der Waals surface area contributed by atoms with Crippen molar-refractivity contribution in [3.8, 4) is 0 Å². The van der Waals surface area contributed by atoms with Crippen molar-refractivity contribution in [3.05, 3.63) is 0 Å². The Bertz CT molecular complexity index is 303. The lowest BCUT2D eigenvalue weighted by Crippen LogP contribution is -2.32. The van der Waals surface area contributed by atoms with Crippen molar-refractivity contribution >= 4 is 11.9 Å². The first kappa shape index (κ1) is 19.9. The molecule has 5 nitrogen and oxygen atoms in total. The van der Waals surface area contributed by atoms with E-state index in [2.05, 4.69) is 0 Å². The summed E-state index contributed by atoms with van der Waals surface area (Å²) in [4.78, 5) is 22.5. The number of aliphatic hydroxyl groups excluding tert-OH is 1. The maximum absolute atomic E-state index is 11.2. The molecule has 0 radical (unpaired) electrons. The van der Waals surface area contributed by atoms with Gasteiger partial charge >= 0.3 is 11.9 Å². The summed E-state index contributed by atoms with van der Waals surface area (Å²) in [6.45, 7) is 4.07. The number of carboxylic acid groups (broad SMARTS) is 2. The van der Waals surface area contributed by atoms with Crippen LogP contribution in [0.3, 0.4) is 0 Å². The number of hydrogen-bond acceptors (Lipinski definition) is 3. The normalized spacial score (nSPS) is 15.4. The first-order chi connectivity index (χ1) is 9.93. The second-order valence-electron chi connectivity index (χ2n) is 5.77. The van der Waals surface area contributed by atoms with E-state index in [0.29, 0.717) is 12.8 Å². The summed E-state index contributed by atoms with van der Waals surface area (Å²) >= 11 is 0. The zero-order valence-electron chi connectivity index (χ0n) is 13.3.